The Morgan fingerprint density at radius 2 is 2.18 bits per heavy atom. The Bertz CT molecular complexity index is 727. The molecule has 22 heavy (non-hydrogen) atoms. The maximum absolute atomic E-state index is 12.5. The molecule has 0 saturated carbocycles. The number of hydrogen-bond acceptors (Lipinski definition) is 3. The van der Waals surface area contributed by atoms with Crippen LogP contribution in [0.4, 0.5) is 0 Å². The van der Waals surface area contributed by atoms with Gasteiger partial charge in [0.1, 0.15) is 18.3 Å². The first-order valence-electron chi connectivity index (χ1n) is 7.34. The SMILES string of the molecule is CC(C)[C@H](Cn1cncn1)NC(=O)c1cc2ccccc2[nH]1. The molecule has 0 aliphatic carbocycles. The number of benzene rings is 1. The van der Waals surface area contributed by atoms with E-state index in [-0.39, 0.29) is 17.9 Å². The van der Waals surface area contributed by atoms with Gasteiger partial charge in [0.15, 0.2) is 0 Å². The molecular formula is C16H19N5O. The second-order valence-electron chi connectivity index (χ2n) is 5.71. The molecule has 2 aromatic heterocycles. The zero-order valence-corrected chi connectivity index (χ0v) is 12.7. The maximum Gasteiger partial charge on any atom is 0.268 e. The molecule has 114 valence electrons. The van der Waals surface area contributed by atoms with Crippen molar-refractivity contribution in [2.75, 3.05) is 0 Å². The number of fused-ring (bicyclic) bond motifs is 1. The predicted molar refractivity (Wildman–Crippen MR) is 84.4 cm³/mol. The summed E-state index contributed by atoms with van der Waals surface area (Å²) in [7, 11) is 0. The molecule has 0 bridgehead atoms. The van der Waals surface area contributed by atoms with Crippen LogP contribution in [0.15, 0.2) is 43.0 Å². The molecule has 6 nitrogen and oxygen atoms in total. The van der Waals surface area contributed by atoms with Crippen LogP contribution in [0, 0.1) is 5.92 Å². The monoisotopic (exact) mass is 297 g/mol. The van der Waals surface area contributed by atoms with Crippen molar-refractivity contribution in [2.24, 2.45) is 5.92 Å². The molecule has 0 spiro atoms. The zero-order chi connectivity index (χ0) is 15.5. The first-order chi connectivity index (χ1) is 10.6. The van der Waals surface area contributed by atoms with Gasteiger partial charge in [-0.1, -0.05) is 32.0 Å². The summed E-state index contributed by atoms with van der Waals surface area (Å²) in [5.41, 5.74) is 1.54. The van der Waals surface area contributed by atoms with Crippen LogP contribution in [0.1, 0.15) is 24.3 Å². The Labute approximate surface area is 128 Å². The zero-order valence-electron chi connectivity index (χ0n) is 12.7. The van der Waals surface area contributed by atoms with Gasteiger partial charge >= 0.3 is 0 Å². The van der Waals surface area contributed by atoms with E-state index >= 15 is 0 Å². The largest absolute Gasteiger partial charge is 0.351 e. The summed E-state index contributed by atoms with van der Waals surface area (Å²) in [5.74, 6) is 0.188. The Balaban J connectivity index is 1.75. The maximum atomic E-state index is 12.5. The van der Waals surface area contributed by atoms with Crippen molar-refractivity contribution in [3.05, 3.63) is 48.7 Å². The van der Waals surface area contributed by atoms with E-state index in [9.17, 15) is 4.79 Å². The molecule has 0 aliphatic heterocycles. The highest BCUT2D eigenvalue weighted by Gasteiger charge is 2.19. The van der Waals surface area contributed by atoms with Crippen LogP contribution in [-0.2, 0) is 6.54 Å². The lowest BCUT2D eigenvalue weighted by molar-refractivity contribution is 0.0915. The van der Waals surface area contributed by atoms with Crippen molar-refractivity contribution in [1.29, 1.82) is 0 Å². The van der Waals surface area contributed by atoms with Crippen molar-refractivity contribution in [1.82, 2.24) is 25.1 Å². The normalized spacial score (nSPS) is 12.7. The molecule has 1 aromatic carbocycles. The molecule has 0 saturated heterocycles. The number of aromatic amines is 1. The lowest BCUT2D eigenvalue weighted by Gasteiger charge is -2.21. The van der Waals surface area contributed by atoms with E-state index in [2.05, 4.69) is 34.2 Å². The van der Waals surface area contributed by atoms with Gasteiger partial charge in [-0.25, -0.2) is 4.98 Å². The van der Waals surface area contributed by atoms with Crippen molar-refractivity contribution in [3.63, 3.8) is 0 Å². The number of aromatic nitrogens is 4. The molecule has 6 heteroatoms. The predicted octanol–water partition coefficient (Wildman–Crippen LogP) is 2.21. The fourth-order valence-corrected chi connectivity index (χ4v) is 2.39. The third-order valence-corrected chi connectivity index (χ3v) is 3.75. The highest BCUT2D eigenvalue weighted by molar-refractivity contribution is 5.98. The third-order valence-electron chi connectivity index (χ3n) is 3.75. The number of para-hydroxylation sites is 1. The van der Waals surface area contributed by atoms with Crippen LogP contribution in [0.25, 0.3) is 10.9 Å². The minimum absolute atomic E-state index is 0.0133. The third kappa shape index (κ3) is 3.00. The van der Waals surface area contributed by atoms with Gasteiger partial charge in [-0.15, -0.1) is 0 Å². The second-order valence-corrected chi connectivity index (χ2v) is 5.71. The average molecular weight is 297 g/mol. The minimum Gasteiger partial charge on any atom is -0.351 e. The summed E-state index contributed by atoms with van der Waals surface area (Å²) >= 11 is 0. The van der Waals surface area contributed by atoms with Crippen molar-refractivity contribution < 1.29 is 4.79 Å². The molecular weight excluding hydrogens is 278 g/mol. The van der Waals surface area contributed by atoms with Crippen LogP contribution in [0.5, 0.6) is 0 Å². The molecule has 2 heterocycles. The first kappa shape index (κ1) is 14.3. The fraction of sp³-hybridized carbons (Fsp3) is 0.312. The van der Waals surface area contributed by atoms with Gasteiger partial charge in [0.2, 0.25) is 0 Å². The van der Waals surface area contributed by atoms with Crippen LogP contribution in [0.2, 0.25) is 0 Å². The molecule has 0 fully saturated rings. The molecule has 0 radical (unpaired) electrons. The van der Waals surface area contributed by atoms with E-state index in [1.54, 1.807) is 11.0 Å². The first-order valence-corrected chi connectivity index (χ1v) is 7.34. The Morgan fingerprint density at radius 1 is 1.36 bits per heavy atom. The topological polar surface area (TPSA) is 75.6 Å². The van der Waals surface area contributed by atoms with E-state index in [0.29, 0.717) is 12.2 Å². The van der Waals surface area contributed by atoms with Crippen LogP contribution >= 0.6 is 0 Å². The van der Waals surface area contributed by atoms with Crippen molar-refractivity contribution >= 4 is 16.8 Å². The molecule has 0 aliphatic rings. The number of nitrogens with zero attached hydrogens (tertiary/aromatic N) is 3. The molecule has 2 N–H and O–H groups in total. The quantitative estimate of drug-likeness (QED) is 0.758. The van der Waals surface area contributed by atoms with Crippen molar-refractivity contribution in [2.45, 2.75) is 26.4 Å². The van der Waals surface area contributed by atoms with E-state index in [0.717, 1.165) is 10.9 Å². The Morgan fingerprint density at radius 3 is 2.86 bits per heavy atom. The van der Waals surface area contributed by atoms with Gasteiger partial charge in [0.25, 0.3) is 5.91 Å². The number of hydrogen-bond donors (Lipinski definition) is 2. The Kier molecular flexibility index (Phi) is 3.91. The fourth-order valence-electron chi connectivity index (χ4n) is 2.39. The van der Waals surface area contributed by atoms with Gasteiger partial charge in [-0.3, -0.25) is 9.48 Å². The average Bonchev–Trinajstić information content (AvgIpc) is 3.15. The Hall–Kier alpha value is -2.63. The standard InChI is InChI=1S/C16H19N5O/c1-11(2)15(8-21-10-17-9-18-21)20-16(22)14-7-12-5-3-4-6-13(12)19-14/h3-7,9-11,15,19H,8H2,1-2H3,(H,20,22)/t15-/m0/s1. The summed E-state index contributed by atoms with van der Waals surface area (Å²) in [4.78, 5) is 19.6. The summed E-state index contributed by atoms with van der Waals surface area (Å²) in [6, 6.07) is 9.71. The summed E-state index contributed by atoms with van der Waals surface area (Å²) in [5, 5.41) is 8.21. The summed E-state index contributed by atoms with van der Waals surface area (Å²) in [6.45, 7) is 4.75. The number of rotatable bonds is 5. The highest BCUT2D eigenvalue weighted by atomic mass is 16.2. The van der Waals surface area contributed by atoms with Gasteiger partial charge < -0.3 is 10.3 Å². The molecule has 1 atom stereocenters. The number of carbonyl (C=O) groups excluding carboxylic acids is 1. The van der Waals surface area contributed by atoms with Crippen molar-refractivity contribution in [3.8, 4) is 0 Å². The highest BCUT2D eigenvalue weighted by Crippen LogP contribution is 2.15. The second kappa shape index (κ2) is 6.01. The lowest BCUT2D eigenvalue weighted by atomic mass is 10.0. The van der Waals surface area contributed by atoms with Gasteiger partial charge in [-0.05, 0) is 18.1 Å². The number of carbonyl (C=O) groups is 1. The van der Waals surface area contributed by atoms with E-state index in [4.69, 9.17) is 0 Å². The number of H-pyrrole nitrogens is 1. The molecule has 1 amide bonds. The summed E-state index contributed by atoms with van der Waals surface area (Å²) < 4.78 is 1.73. The van der Waals surface area contributed by atoms with Gasteiger partial charge in [0, 0.05) is 10.9 Å². The van der Waals surface area contributed by atoms with E-state index < -0.39 is 0 Å². The smallest absolute Gasteiger partial charge is 0.268 e. The van der Waals surface area contributed by atoms with Crippen LogP contribution in [0.3, 0.4) is 0 Å². The number of amides is 1. The number of nitrogens with one attached hydrogen (secondary N) is 2. The minimum atomic E-state index is -0.102. The van der Waals surface area contributed by atoms with E-state index in [1.165, 1.54) is 6.33 Å². The van der Waals surface area contributed by atoms with Gasteiger partial charge in [0.05, 0.1) is 12.6 Å². The molecule has 0 unspecified atom stereocenters. The van der Waals surface area contributed by atoms with Crippen LogP contribution in [-0.4, -0.2) is 31.7 Å². The van der Waals surface area contributed by atoms with E-state index in [1.807, 2.05) is 30.3 Å². The summed E-state index contributed by atoms with van der Waals surface area (Å²) in [6.07, 6.45) is 3.15. The molecule has 3 aromatic rings. The lowest BCUT2D eigenvalue weighted by Crippen LogP contribution is -2.41. The van der Waals surface area contributed by atoms with Gasteiger partial charge in [-0.2, -0.15) is 5.10 Å². The molecule has 3 rings (SSSR count). The van der Waals surface area contributed by atoms with Crippen LogP contribution < -0.4 is 5.32 Å².